The molecule has 1 N–H and O–H groups in total. The van der Waals surface area contributed by atoms with Crippen LogP contribution in [0.5, 0.6) is 5.75 Å². The molecule has 0 aliphatic carbocycles. The van der Waals surface area contributed by atoms with Crippen molar-refractivity contribution in [3.63, 3.8) is 0 Å². The van der Waals surface area contributed by atoms with Crippen LogP contribution in [-0.2, 0) is 29.1 Å². The van der Waals surface area contributed by atoms with E-state index in [1.54, 1.807) is 21.9 Å². The van der Waals surface area contributed by atoms with E-state index < -0.39 is 12.2 Å². The van der Waals surface area contributed by atoms with Crippen LogP contribution in [0.2, 0.25) is 0 Å². The summed E-state index contributed by atoms with van der Waals surface area (Å²) in [6.45, 7) is 0.743. The molecule has 0 radical (unpaired) electrons. The average Bonchev–Trinajstić information content (AvgIpc) is 2.99. The van der Waals surface area contributed by atoms with Gasteiger partial charge in [0.2, 0.25) is 11.8 Å². The van der Waals surface area contributed by atoms with Gasteiger partial charge in [0.05, 0.1) is 26.7 Å². The number of nitrogens with zero attached hydrogens (tertiary/aromatic N) is 4. The van der Waals surface area contributed by atoms with E-state index in [-0.39, 0.29) is 37.5 Å². The van der Waals surface area contributed by atoms with Gasteiger partial charge in [0.25, 0.3) is 0 Å². The SMILES string of the molecule is C#CCN1CC(=O)N2[C@@H](Cc3ccccc3)C(=O)N(Cc3ccc(OC)cc3)C[C@@H]2N1C(=O)NCc1ccccc1. The van der Waals surface area contributed by atoms with E-state index in [1.165, 1.54) is 5.01 Å². The minimum atomic E-state index is -0.778. The maximum atomic E-state index is 14.0. The molecule has 9 heteroatoms. The summed E-state index contributed by atoms with van der Waals surface area (Å²) < 4.78 is 5.28. The van der Waals surface area contributed by atoms with Crippen LogP contribution in [0, 0.1) is 12.3 Å². The maximum Gasteiger partial charge on any atom is 0.334 e. The first kappa shape index (κ1) is 27.7. The minimum Gasteiger partial charge on any atom is -0.497 e. The summed E-state index contributed by atoms with van der Waals surface area (Å²) >= 11 is 0. The van der Waals surface area contributed by atoms with Crippen molar-refractivity contribution in [2.75, 3.05) is 26.7 Å². The third-order valence-corrected chi connectivity index (χ3v) is 7.40. The highest BCUT2D eigenvalue weighted by Gasteiger charge is 2.51. The Morgan fingerprint density at radius 2 is 1.61 bits per heavy atom. The average molecular weight is 552 g/mol. The monoisotopic (exact) mass is 551 g/mol. The predicted octanol–water partition coefficient (Wildman–Crippen LogP) is 2.88. The molecule has 2 saturated heterocycles. The third-order valence-electron chi connectivity index (χ3n) is 7.40. The van der Waals surface area contributed by atoms with Crippen LogP contribution < -0.4 is 10.1 Å². The summed E-state index contributed by atoms with van der Waals surface area (Å²) in [6.07, 6.45) is 5.25. The minimum absolute atomic E-state index is 0.0740. The first-order valence-corrected chi connectivity index (χ1v) is 13.5. The number of terminal acetylenes is 1. The van der Waals surface area contributed by atoms with Gasteiger partial charge in [-0.3, -0.25) is 9.59 Å². The zero-order valence-corrected chi connectivity index (χ0v) is 23.0. The molecule has 2 fully saturated rings. The summed E-state index contributed by atoms with van der Waals surface area (Å²) in [5.74, 6) is 2.89. The fourth-order valence-corrected chi connectivity index (χ4v) is 5.42. The number of hydrogen-bond donors (Lipinski definition) is 1. The molecule has 0 saturated carbocycles. The quantitative estimate of drug-likeness (QED) is 0.436. The number of nitrogens with one attached hydrogen (secondary N) is 1. The van der Waals surface area contributed by atoms with Crippen LogP contribution in [0.1, 0.15) is 16.7 Å². The summed E-state index contributed by atoms with van der Waals surface area (Å²) in [5, 5.41) is 6.09. The lowest BCUT2D eigenvalue weighted by Gasteiger charge is -2.55. The van der Waals surface area contributed by atoms with E-state index in [1.807, 2.05) is 84.9 Å². The van der Waals surface area contributed by atoms with Gasteiger partial charge in [-0.15, -0.1) is 6.42 Å². The Bertz CT molecular complexity index is 1410. The molecule has 2 aliphatic heterocycles. The van der Waals surface area contributed by atoms with Gasteiger partial charge in [0.15, 0.2) is 0 Å². The number of rotatable bonds is 8. The van der Waals surface area contributed by atoms with E-state index >= 15 is 0 Å². The van der Waals surface area contributed by atoms with Crippen molar-refractivity contribution in [2.45, 2.75) is 31.7 Å². The largest absolute Gasteiger partial charge is 0.497 e. The van der Waals surface area contributed by atoms with Gasteiger partial charge < -0.3 is 19.9 Å². The Kier molecular flexibility index (Phi) is 8.51. The van der Waals surface area contributed by atoms with E-state index in [0.717, 1.165) is 22.4 Å². The lowest BCUT2D eigenvalue weighted by Crippen LogP contribution is -2.76. The molecule has 210 valence electrons. The standard InChI is InChI=1S/C32H33N5O4/c1-3-18-35-23-30(38)36-28(19-24-10-6-4-7-11-24)31(39)34(21-26-14-16-27(41-2)17-15-26)22-29(36)37(35)32(40)33-20-25-12-8-5-9-13-25/h1,4-17,28-29H,18-23H2,2H3,(H,33,40)/t28-,29-/m0/s1. The Morgan fingerprint density at radius 1 is 0.951 bits per heavy atom. The molecule has 0 bridgehead atoms. The second-order valence-electron chi connectivity index (χ2n) is 10.1. The summed E-state index contributed by atoms with van der Waals surface area (Å²) in [7, 11) is 1.60. The number of fused-ring (bicyclic) bond motifs is 1. The van der Waals surface area contributed by atoms with E-state index in [9.17, 15) is 14.4 Å². The van der Waals surface area contributed by atoms with Crippen molar-refractivity contribution in [3.8, 4) is 18.1 Å². The first-order chi connectivity index (χ1) is 20.0. The highest BCUT2D eigenvalue weighted by Crippen LogP contribution is 2.29. The number of amides is 4. The zero-order chi connectivity index (χ0) is 28.8. The smallest absolute Gasteiger partial charge is 0.334 e. The van der Waals surface area contributed by atoms with E-state index in [0.29, 0.717) is 19.5 Å². The lowest BCUT2D eigenvalue weighted by molar-refractivity contribution is -0.189. The van der Waals surface area contributed by atoms with Crippen molar-refractivity contribution >= 4 is 17.8 Å². The highest BCUT2D eigenvalue weighted by atomic mass is 16.5. The fraction of sp³-hybridized carbons (Fsp3) is 0.281. The highest BCUT2D eigenvalue weighted by molar-refractivity contribution is 5.91. The number of methoxy groups -OCH3 is 1. The summed E-state index contributed by atoms with van der Waals surface area (Å²) in [4.78, 5) is 44.7. The molecule has 4 amide bonds. The van der Waals surface area contributed by atoms with Crippen LogP contribution >= 0.6 is 0 Å². The van der Waals surface area contributed by atoms with Gasteiger partial charge in [0.1, 0.15) is 18.0 Å². The van der Waals surface area contributed by atoms with Gasteiger partial charge in [-0.2, -0.15) is 5.01 Å². The van der Waals surface area contributed by atoms with E-state index in [2.05, 4.69) is 11.2 Å². The topological polar surface area (TPSA) is 85.4 Å². The van der Waals surface area contributed by atoms with Gasteiger partial charge >= 0.3 is 6.03 Å². The molecule has 9 nitrogen and oxygen atoms in total. The van der Waals surface area contributed by atoms with Gasteiger partial charge in [0, 0.05) is 19.5 Å². The molecule has 2 aliphatic rings. The third kappa shape index (κ3) is 6.18. The number of carbonyl (C=O) groups is 3. The molecule has 2 heterocycles. The van der Waals surface area contributed by atoms with Crippen LogP contribution in [-0.4, -0.2) is 76.6 Å². The van der Waals surface area contributed by atoms with Gasteiger partial charge in [-0.05, 0) is 28.8 Å². The van der Waals surface area contributed by atoms with E-state index in [4.69, 9.17) is 11.2 Å². The number of hydrazine groups is 1. The second-order valence-corrected chi connectivity index (χ2v) is 10.1. The fourth-order valence-electron chi connectivity index (χ4n) is 5.42. The molecule has 3 aromatic carbocycles. The number of piperazine rings is 1. The van der Waals surface area contributed by atoms with Gasteiger partial charge in [-0.25, -0.2) is 9.80 Å². The number of urea groups is 1. The van der Waals surface area contributed by atoms with Gasteiger partial charge in [-0.1, -0.05) is 78.7 Å². The van der Waals surface area contributed by atoms with Crippen molar-refractivity contribution in [1.82, 2.24) is 25.1 Å². The summed E-state index contributed by atoms with van der Waals surface area (Å²) in [6, 6.07) is 25.5. The molecular weight excluding hydrogens is 518 g/mol. The number of benzene rings is 3. The van der Waals surface area contributed by atoms with Crippen LogP contribution in [0.4, 0.5) is 4.79 Å². The van der Waals surface area contributed by atoms with Crippen LogP contribution in [0.15, 0.2) is 84.9 Å². The van der Waals surface area contributed by atoms with Crippen LogP contribution in [0.3, 0.4) is 0 Å². The predicted molar refractivity (Wildman–Crippen MR) is 154 cm³/mol. The van der Waals surface area contributed by atoms with Crippen molar-refractivity contribution in [3.05, 3.63) is 102 Å². The molecule has 0 spiro atoms. The Hall–Kier alpha value is -4.81. The summed E-state index contributed by atoms with van der Waals surface area (Å²) in [5.41, 5.74) is 2.78. The molecule has 5 rings (SSSR count). The van der Waals surface area contributed by atoms with Crippen molar-refractivity contribution in [2.24, 2.45) is 0 Å². The molecule has 0 aromatic heterocycles. The number of carbonyl (C=O) groups excluding carboxylic acids is 3. The second kappa shape index (κ2) is 12.6. The maximum absolute atomic E-state index is 14.0. The Morgan fingerprint density at radius 3 is 2.24 bits per heavy atom. The van der Waals surface area contributed by atoms with Crippen LogP contribution in [0.25, 0.3) is 0 Å². The number of ether oxygens (including phenoxy) is 1. The molecule has 41 heavy (non-hydrogen) atoms. The first-order valence-electron chi connectivity index (χ1n) is 13.5. The Balaban J connectivity index is 1.48. The molecule has 0 unspecified atom stereocenters. The van der Waals surface area contributed by atoms with Crippen molar-refractivity contribution in [1.29, 1.82) is 0 Å². The molecular formula is C32H33N5O4. The molecule has 3 aromatic rings. The normalized spacial score (nSPS) is 19.0. The number of hydrogen-bond acceptors (Lipinski definition) is 5. The Labute approximate surface area is 240 Å². The molecule has 2 atom stereocenters. The zero-order valence-electron chi connectivity index (χ0n) is 23.0. The van der Waals surface area contributed by atoms with Crippen molar-refractivity contribution < 1.29 is 19.1 Å². The lowest BCUT2D eigenvalue weighted by atomic mass is 9.98.